The first-order valence-electron chi connectivity index (χ1n) is 4.58. The molecule has 0 saturated carbocycles. The Labute approximate surface area is 87.8 Å². The molecule has 1 rings (SSSR count). The molecule has 0 fully saturated rings. The second kappa shape index (κ2) is 5.60. The van der Waals surface area contributed by atoms with E-state index >= 15 is 0 Å². The summed E-state index contributed by atoms with van der Waals surface area (Å²) in [5.41, 5.74) is 1.21. The first-order valence-corrected chi connectivity index (χ1v) is 4.58. The number of nitriles is 1. The van der Waals surface area contributed by atoms with Crippen LogP contribution in [-0.4, -0.2) is 22.6 Å². The molecule has 2 N–H and O–H groups in total. The summed E-state index contributed by atoms with van der Waals surface area (Å²) >= 11 is 0. The van der Waals surface area contributed by atoms with Gasteiger partial charge in [0.2, 0.25) is 5.91 Å². The van der Waals surface area contributed by atoms with Crippen molar-refractivity contribution in [2.24, 2.45) is 0 Å². The molecule has 1 heterocycles. The molecule has 1 aromatic heterocycles. The van der Waals surface area contributed by atoms with Crippen LogP contribution in [0.4, 0.5) is 0 Å². The number of H-pyrrole nitrogens is 1. The topological polar surface area (TPSA) is 81.6 Å². The van der Waals surface area contributed by atoms with E-state index in [4.69, 9.17) is 5.26 Å². The molecule has 1 amide bonds. The Bertz CT molecular complexity index is 400. The summed E-state index contributed by atoms with van der Waals surface area (Å²) in [6, 6.07) is 2.00. The fraction of sp³-hybridized carbons (Fsp3) is 0.300. The molecule has 0 radical (unpaired) electrons. The molecule has 0 spiro atoms. The van der Waals surface area contributed by atoms with E-state index in [2.05, 4.69) is 15.5 Å². The van der Waals surface area contributed by atoms with Crippen LogP contribution in [0.5, 0.6) is 0 Å². The standard InChI is InChI=1S/C10H12N4O/c1-8(15)12-5-3-2-4-9-7-13-14-10(9)6-11/h2,4,7H,3,5H2,1H3,(H,12,15)(H,13,14). The van der Waals surface area contributed by atoms with Crippen molar-refractivity contribution in [2.75, 3.05) is 6.54 Å². The summed E-state index contributed by atoms with van der Waals surface area (Å²) in [5.74, 6) is -0.0376. The van der Waals surface area contributed by atoms with Crippen LogP contribution in [-0.2, 0) is 4.79 Å². The average molecular weight is 204 g/mol. The fourth-order valence-corrected chi connectivity index (χ4v) is 1.05. The third kappa shape index (κ3) is 3.65. The predicted octanol–water partition coefficient (Wildman–Crippen LogP) is 0.821. The van der Waals surface area contributed by atoms with Gasteiger partial charge in [-0.05, 0) is 6.42 Å². The number of hydrogen-bond donors (Lipinski definition) is 2. The van der Waals surface area contributed by atoms with E-state index in [-0.39, 0.29) is 5.91 Å². The van der Waals surface area contributed by atoms with Crippen LogP contribution in [0, 0.1) is 11.3 Å². The Hall–Kier alpha value is -2.09. The number of amides is 1. The van der Waals surface area contributed by atoms with Gasteiger partial charge in [-0.15, -0.1) is 0 Å². The summed E-state index contributed by atoms with van der Waals surface area (Å²) in [7, 11) is 0. The van der Waals surface area contributed by atoms with Crippen LogP contribution < -0.4 is 5.32 Å². The van der Waals surface area contributed by atoms with E-state index in [0.717, 1.165) is 12.0 Å². The lowest BCUT2D eigenvalue weighted by molar-refractivity contribution is -0.118. The zero-order chi connectivity index (χ0) is 11.1. The summed E-state index contributed by atoms with van der Waals surface area (Å²) in [5, 5.41) is 17.7. The Balaban J connectivity index is 2.39. The Kier molecular flexibility index (Phi) is 4.10. The quantitative estimate of drug-likeness (QED) is 0.712. The van der Waals surface area contributed by atoms with E-state index in [0.29, 0.717) is 12.2 Å². The first kappa shape index (κ1) is 11.0. The van der Waals surface area contributed by atoms with Crippen LogP contribution in [0.25, 0.3) is 6.08 Å². The summed E-state index contributed by atoms with van der Waals surface area (Å²) in [4.78, 5) is 10.5. The minimum Gasteiger partial charge on any atom is -0.356 e. The molecule has 0 aliphatic rings. The average Bonchev–Trinajstić information content (AvgIpc) is 2.64. The minimum absolute atomic E-state index is 0.0376. The van der Waals surface area contributed by atoms with Crippen molar-refractivity contribution in [2.45, 2.75) is 13.3 Å². The Morgan fingerprint density at radius 1 is 1.80 bits per heavy atom. The SMILES string of the molecule is CC(=O)NCCC=Cc1cn[nH]c1C#N. The van der Waals surface area contributed by atoms with Crippen molar-refractivity contribution in [1.29, 1.82) is 5.26 Å². The van der Waals surface area contributed by atoms with Crippen molar-refractivity contribution in [1.82, 2.24) is 15.5 Å². The van der Waals surface area contributed by atoms with E-state index in [9.17, 15) is 4.79 Å². The lowest BCUT2D eigenvalue weighted by Crippen LogP contribution is -2.20. The lowest BCUT2D eigenvalue weighted by Gasteiger charge is -1.96. The van der Waals surface area contributed by atoms with Gasteiger partial charge in [0.15, 0.2) is 0 Å². The van der Waals surface area contributed by atoms with Crippen LogP contribution in [0.3, 0.4) is 0 Å². The van der Waals surface area contributed by atoms with Crippen LogP contribution >= 0.6 is 0 Å². The first-order chi connectivity index (χ1) is 7.24. The highest BCUT2D eigenvalue weighted by Crippen LogP contribution is 2.05. The number of aromatic amines is 1. The molecular formula is C10H12N4O. The maximum absolute atomic E-state index is 10.5. The molecule has 0 atom stereocenters. The Morgan fingerprint density at radius 2 is 2.60 bits per heavy atom. The van der Waals surface area contributed by atoms with Gasteiger partial charge in [-0.2, -0.15) is 10.4 Å². The van der Waals surface area contributed by atoms with Crippen LogP contribution in [0.15, 0.2) is 12.3 Å². The van der Waals surface area contributed by atoms with Gasteiger partial charge < -0.3 is 5.32 Å². The molecule has 78 valence electrons. The van der Waals surface area contributed by atoms with E-state index in [1.165, 1.54) is 6.92 Å². The van der Waals surface area contributed by atoms with Gasteiger partial charge in [-0.1, -0.05) is 12.2 Å². The van der Waals surface area contributed by atoms with Crippen molar-refractivity contribution in [3.05, 3.63) is 23.5 Å². The normalized spacial score (nSPS) is 10.1. The summed E-state index contributed by atoms with van der Waals surface area (Å²) in [6.45, 7) is 2.08. The maximum atomic E-state index is 10.5. The van der Waals surface area contributed by atoms with Crippen LogP contribution in [0.1, 0.15) is 24.6 Å². The summed E-state index contributed by atoms with van der Waals surface area (Å²) < 4.78 is 0. The van der Waals surface area contributed by atoms with Gasteiger partial charge >= 0.3 is 0 Å². The van der Waals surface area contributed by atoms with Gasteiger partial charge in [0.1, 0.15) is 11.8 Å². The zero-order valence-corrected chi connectivity index (χ0v) is 8.45. The second-order valence-electron chi connectivity index (χ2n) is 2.99. The number of nitrogens with zero attached hydrogens (tertiary/aromatic N) is 2. The molecule has 0 bridgehead atoms. The predicted molar refractivity (Wildman–Crippen MR) is 55.6 cm³/mol. The van der Waals surface area contributed by atoms with Crippen molar-refractivity contribution >= 4 is 12.0 Å². The van der Waals surface area contributed by atoms with Gasteiger partial charge in [0, 0.05) is 19.0 Å². The van der Waals surface area contributed by atoms with E-state index < -0.39 is 0 Å². The molecule has 0 unspecified atom stereocenters. The highest BCUT2D eigenvalue weighted by Gasteiger charge is 1.98. The molecular weight excluding hydrogens is 192 g/mol. The third-order valence-corrected chi connectivity index (χ3v) is 1.76. The minimum atomic E-state index is -0.0376. The molecule has 0 saturated heterocycles. The molecule has 0 aliphatic heterocycles. The second-order valence-corrected chi connectivity index (χ2v) is 2.99. The lowest BCUT2D eigenvalue weighted by atomic mass is 10.2. The fourth-order valence-electron chi connectivity index (χ4n) is 1.05. The maximum Gasteiger partial charge on any atom is 0.216 e. The smallest absolute Gasteiger partial charge is 0.216 e. The molecule has 0 aromatic carbocycles. The number of hydrogen-bond acceptors (Lipinski definition) is 3. The molecule has 0 aliphatic carbocycles. The highest BCUT2D eigenvalue weighted by molar-refractivity contribution is 5.72. The number of nitrogens with one attached hydrogen (secondary N) is 2. The molecule has 15 heavy (non-hydrogen) atoms. The monoisotopic (exact) mass is 204 g/mol. The number of carbonyl (C=O) groups excluding carboxylic acids is 1. The van der Waals surface area contributed by atoms with E-state index in [1.807, 2.05) is 18.2 Å². The van der Waals surface area contributed by atoms with Crippen molar-refractivity contribution in [3.8, 4) is 6.07 Å². The Morgan fingerprint density at radius 3 is 3.27 bits per heavy atom. The molecule has 5 nitrogen and oxygen atoms in total. The van der Waals surface area contributed by atoms with Gasteiger partial charge in [-0.3, -0.25) is 9.89 Å². The number of carbonyl (C=O) groups is 1. The zero-order valence-electron chi connectivity index (χ0n) is 8.45. The van der Waals surface area contributed by atoms with Crippen LogP contribution in [0.2, 0.25) is 0 Å². The van der Waals surface area contributed by atoms with Gasteiger partial charge in [0.05, 0.1) is 6.20 Å². The number of aromatic nitrogens is 2. The summed E-state index contributed by atoms with van der Waals surface area (Å²) in [6.07, 6.45) is 6.02. The van der Waals surface area contributed by atoms with Gasteiger partial charge in [-0.25, -0.2) is 0 Å². The van der Waals surface area contributed by atoms with Gasteiger partial charge in [0.25, 0.3) is 0 Å². The molecule has 1 aromatic rings. The largest absolute Gasteiger partial charge is 0.356 e. The van der Waals surface area contributed by atoms with Crippen molar-refractivity contribution < 1.29 is 4.79 Å². The number of rotatable bonds is 4. The molecule has 5 heteroatoms. The van der Waals surface area contributed by atoms with E-state index in [1.54, 1.807) is 6.20 Å². The third-order valence-electron chi connectivity index (χ3n) is 1.76. The van der Waals surface area contributed by atoms with Crippen molar-refractivity contribution in [3.63, 3.8) is 0 Å². The highest BCUT2D eigenvalue weighted by atomic mass is 16.1.